The number of carboxylic acid groups (broad SMARTS) is 1. The molecule has 0 fully saturated rings. The summed E-state index contributed by atoms with van der Waals surface area (Å²) in [7, 11) is 0. The number of aromatic amines is 2. The molecule has 18 heavy (non-hydrogen) atoms. The van der Waals surface area contributed by atoms with E-state index in [1.165, 1.54) is 0 Å². The quantitative estimate of drug-likeness (QED) is 0.808. The highest BCUT2D eigenvalue weighted by atomic mass is 79.9. The smallest absolute Gasteiger partial charge is 0.303 e. The molecular weight excluding hydrogens is 300 g/mol. The predicted molar refractivity (Wildman–Crippen MR) is 70.5 cm³/mol. The van der Waals surface area contributed by atoms with Crippen LogP contribution in [0.4, 0.5) is 0 Å². The minimum Gasteiger partial charge on any atom is -0.481 e. The zero-order valence-corrected chi connectivity index (χ0v) is 11.0. The lowest BCUT2D eigenvalue weighted by Crippen LogP contribution is -2.08. The van der Waals surface area contributed by atoms with Crippen molar-refractivity contribution in [1.29, 1.82) is 0 Å². The molecule has 0 bridgehead atoms. The van der Waals surface area contributed by atoms with Gasteiger partial charge in [-0.1, -0.05) is 28.1 Å². The third-order valence-electron chi connectivity index (χ3n) is 2.58. The summed E-state index contributed by atoms with van der Waals surface area (Å²) in [6.45, 7) is 0. The molecule has 6 heteroatoms. The Bertz CT molecular complexity index is 630. The normalized spacial score (nSPS) is 10.5. The Morgan fingerprint density at radius 1 is 1.33 bits per heavy atom. The topological polar surface area (TPSA) is 85.9 Å². The van der Waals surface area contributed by atoms with Gasteiger partial charge < -0.3 is 5.11 Å². The van der Waals surface area contributed by atoms with Gasteiger partial charge in [0.05, 0.1) is 5.69 Å². The SMILES string of the molecule is O=C(O)CCc1c(-c2cccc(Br)c2)[nH][nH]c1=O. The summed E-state index contributed by atoms with van der Waals surface area (Å²) in [4.78, 5) is 22.2. The second-order valence-electron chi connectivity index (χ2n) is 3.84. The molecule has 1 heterocycles. The number of halogens is 1. The first kappa shape index (κ1) is 12.6. The van der Waals surface area contributed by atoms with Gasteiger partial charge in [0.1, 0.15) is 0 Å². The lowest BCUT2D eigenvalue weighted by Gasteiger charge is -2.02. The minimum absolute atomic E-state index is 0.0675. The van der Waals surface area contributed by atoms with Crippen LogP contribution in [0.15, 0.2) is 33.5 Å². The molecule has 94 valence electrons. The molecular formula is C12H11BrN2O3. The van der Waals surface area contributed by atoms with Gasteiger partial charge in [-0.05, 0) is 18.6 Å². The van der Waals surface area contributed by atoms with Gasteiger partial charge in [-0.15, -0.1) is 0 Å². The molecule has 3 N–H and O–H groups in total. The van der Waals surface area contributed by atoms with E-state index >= 15 is 0 Å². The molecule has 0 aliphatic heterocycles. The van der Waals surface area contributed by atoms with Crippen LogP contribution >= 0.6 is 15.9 Å². The summed E-state index contributed by atoms with van der Waals surface area (Å²) in [5, 5.41) is 14.0. The first-order valence-corrected chi connectivity index (χ1v) is 6.14. The first-order chi connectivity index (χ1) is 8.58. The molecule has 0 saturated heterocycles. The van der Waals surface area contributed by atoms with Gasteiger partial charge in [-0.25, -0.2) is 0 Å². The number of hydrogen-bond acceptors (Lipinski definition) is 2. The van der Waals surface area contributed by atoms with Crippen molar-refractivity contribution in [2.45, 2.75) is 12.8 Å². The minimum atomic E-state index is -0.921. The largest absolute Gasteiger partial charge is 0.481 e. The third kappa shape index (κ3) is 2.70. The summed E-state index contributed by atoms with van der Waals surface area (Å²) >= 11 is 3.36. The average Bonchev–Trinajstić information content (AvgIpc) is 2.68. The number of aliphatic carboxylic acids is 1. The van der Waals surface area contributed by atoms with E-state index in [2.05, 4.69) is 26.1 Å². The summed E-state index contributed by atoms with van der Waals surface area (Å²) in [5.74, 6) is -0.921. The molecule has 1 aromatic carbocycles. The fraction of sp³-hybridized carbons (Fsp3) is 0.167. The summed E-state index contributed by atoms with van der Waals surface area (Å²) < 4.78 is 0.895. The standard InChI is InChI=1S/C12H11BrN2O3/c13-8-3-1-2-7(6-8)11-9(4-5-10(16)17)12(18)15-14-11/h1-3,6H,4-5H2,(H,16,17)(H2,14,15,18). The van der Waals surface area contributed by atoms with Crippen molar-refractivity contribution in [3.05, 3.63) is 44.7 Å². The first-order valence-electron chi connectivity index (χ1n) is 5.35. The number of nitrogens with one attached hydrogen (secondary N) is 2. The molecule has 0 atom stereocenters. The van der Waals surface area contributed by atoms with E-state index in [1.807, 2.05) is 24.3 Å². The Hall–Kier alpha value is -1.82. The van der Waals surface area contributed by atoms with Gasteiger partial charge in [-0.2, -0.15) is 0 Å². The van der Waals surface area contributed by atoms with Crippen LogP contribution in [-0.4, -0.2) is 21.3 Å². The Labute approximate surface area is 111 Å². The van der Waals surface area contributed by atoms with Gasteiger partial charge in [0.15, 0.2) is 0 Å². The number of carboxylic acids is 1. The number of carbonyl (C=O) groups is 1. The molecule has 0 saturated carbocycles. The van der Waals surface area contributed by atoms with Gasteiger partial charge >= 0.3 is 5.97 Å². The summed E-state index contributed by atoms with van der Waals surface area (Å²) in [6.07, 6.45) is 0.137. The fourth-order valence-corrected chi connectivity index (χ4v) is 2.14. The van der Waals surface area contributed by atoms with Crippen LogP contribution < -0.4 is 5.56 Å². The molecule has 0 aliphatic carbocycles. The lowest BCUT2D eigenvalue weighted by atomic mass is 10.0. The van der Waals surface area contributed by atoms with E-state index in [9.17, 15) is 9.59 Å². The summed E-state index contributed by atoms with van der Waals surface area (Å²) in [5.41, 5.74) is 1.67. The van der Waals surface area contributed by atoms with E-state index in [0.29, 0.717) is 11.3 Å². The highest BCUT2D eigenvalue weighted by molar-refractivity contribution is 9.10. The van der Waals surface area contributed by atoms with Crippen LogP contribution in [0.25, 0.3) is 11.3 Å². The van der Waals surface area contributed by atoms with Crippen LogP contribution in [0.1, 0.15) is 12.0 Å². The third-order valence-corrected chi connectivity index (χ3v) is 3.07. The molecule has 2 rings (SSSR count). The highest BCUT2D eigenvalue weighted by Crippen LogP contribution is 2.23. The number of aromatic nitrogens is 2. The molecule has 5 nitrogen and oxygen atoms in total. The van der Waals surface area contributed by atoms with Crippen LogP contribution in [0.5, 0.6) is 0 Å². The predicted octanol–water partition coefficient (Wildman–Crippen LogP) is 2.15. The van der Waals surface area contributed by atoms with Gasteiger partial charge in [-0.3, -0.25) is 19.8 Å². The second-order valence-corrected chi connectivity index (χ2v) is 4.75. The fourth-order valence-electron chi connectivity index (χ4n) is 1.74. The van der Waals surface area contributed by atoms with Gasteiger partial charge in [0.2, 0.25) is 0 Å². The maximum Gasteiger partial charge on any atom is 0.303 e. The van der Waals surface area contributed by atoms with E-state index in [0.717, 1.165) is 10.0 Å². The van der Waals surface area contributed by atoms with Crippen molar-refractivity contribution in [2.24, 2.45) is 0 Å². The molecule has 0 unspecified atom stereocenters. The number of rotatable bonds is 4. The Morgan fingerprint density at radius 3 is 2.78 bits per heavy atom. The van der Waals surface area contributed by atoms with Crippen LogP contribution in [-0.2, 0) is 11.2 Å². The van der Waals surface area contributed by atoms with Crippen molar-refractivity contribution in [3.63, 3.8) is 0 Å². The molecule has 1 aromatic heterocycles. The van der Waals surface area contributed by atoms with Crippen molar-refractivity contribution in [2.75, 3.05) is 0 Å². The molecule has 0 amide bonds. The Morgan fingerprint density at radius 2 is 2.11 bits per heavy atom. The van der Waals surface area contributed by atoms with Crippen LogP contribution in [0, 0.1) is 0 Å². The zero-order valence-electron chi connectivity index (χ0n) is 9.37. The lowest BCUT2D eigenvalue weighted by molar-refractivity contribution is -0.136. The van der Waals surface area contributed by atoms with Crippen molar-refractivity contribution < 1.29 is 9.90 Å². The average molecular weight is 311 g/mol. The summed E-state index contributed by atoms with van der Waals surface area (Å²) in [6, 6.07) is 7.45. The number of benzene rings is 1. The second kappa shape index (κ2) is 5.22. The molecule has 0 aliphatic rings. The zero-order chi connectivity index (χ0) is 13.1. The van der Waals surface area contributed by atoms with Gasteiger partial charge in [0.25, 0.3) is 5.56 Å². The molecule has 0 spiro atoms. The van der Waals surface area contributed by atoms with Crippen LogP contribution in [0.3, 0.4) is 0 Å². The van der Waals surface area contributed by atoms with E-state index in [1.54, 1.807) is 0 Å². The number of H-pyrrole nitrogens is 2. The number of hydrogen-bond donors (Lipinski definition) is 3. The van der Waals surface area contributed by atoms with Gasteiger partial charge in [0, 0.05) is 22.0 Å². The molecule has 0 radical (unpaired) electrons. The van der Waals surface area contributed by atoms with E-state index in [4.69, 9.17) is 5.11 Å². The van der Waals surface area contributed by atoms with Crippen molar-refractivity contribution >= 4 is 21.9 Å². The monoisotopic (exact) mass is 310 g/mol. The van der Waals surface area contributed by atoms with E-state index < -0.39 is 5.97 Å². The molecule has 2 aromatic rings. The van der Waals surface area contributed by atoms with Crippen LogP contribution in [0.2, 0.25) is 0 Å². The van der Waals surface area contributed by atoms with Crippen molar-refractivity contribution in [3.8, 4) is 11.3 Å². The maximum atomic E-state index is 11.6. The Balaban J connectivity index is 2.39. The highest BCUT2D eigenvalue weighted by Gasteiger charge is 2.13. The maximum absolute atomic E-state index is 11.6. The Kier molecular flexibility index (Phi) is 3.66. The van der Waals surface area contributed by atoms with Crippen molar-refractivity contribution in [1.82, 2.24) is 10.2 Å². The van der Waals surface area contributed by atoms with E-state index in [-0.39, 0.29) is 18.4 Å².